The number of thiazole rings is 1. The predicted molar refractivity (Wildman–Crippen MR) is 124 cm³/mol. The zero-order valence-electron chi connectivity index (χ0n) is 18.3. The van der Waals surface area contributed by atoms with Crippen LogP contribution in [0.5, 0.6) is 0 Å². The first kappa shape index (κ1) is 21.9. The van der Waals surface area contributed by atoms with E-state index in [4.69, 9.17) is 0 Å². The molecule has 3 heterocycles. The summed E-state index contributed by atoms with van der Waals surface area (Å²) >= 11 is 1.53. The van der Waals surface area contributed by atoms with Gasteiger partial charge in [0.15, 0.2) is 0 Å². The van der Waals surface area contributed by atoms with Crippen LogP contribution in [0.2, 0.25) is 0 Å². The Morgan fingerprint density at radius 3 is 2.56 bits per heavy atom. The van der Waals surface area contributed by atoms with Gasteiger partial charge >= 0.3 is 0 Å². The van der Waals surface area contributed by atoms with Gasteiger partial charge in [-0.25, -0.2) is 9.67 Å². The molecule has 9 heteroatoms. The summed E-state index contributed by atoms with van der Waals surface area (Å²) in [6.07, 6.45) is 0.178. The molecule has 1 aromatic carbocycles. The van der Waals surface area contributed by atoms with Gasteiger partial charge < -0.3 is 10.2 Å². The lowest BCUT2D eigenvalue weighted by atomic mass is 10.1. The van der Waals surface area contributed by atoms with Crippen molar-refractivity contribution in [3.8, 4) is 10.6 Å². The number of rotatable bonds is 6. The highest BCUT2D eigenvalue weighted by Gasteiger charge is 2.34. The fourth-order valence-corrected chi connectivity index (χ4v) is 4.67. The number of carbonyl (C=O) groups is 2. The average molecular weight is 452 g/mol. The maximum Gasteiger partial charge on any atom is 0.266 e. The van der Waals surface area contributed by atoms with E-state index >= 15 is 0 Å². The van der Waals surface area contributed by atoms with Crippen molar-refractivity contribution in [1.29, 1.82) is 0 Å². The van der Waals surface area contributed by atoms with Gasteiger partial charge in [-0.3, -0.25) is 14.4 Å². The van der Waals surface area contributed by atoms with E-state index in [0.29, 0.717) is 12.2 Å². The van der Waals surface area contributed by atoms with Gasteiger partial charge in [0.1, 0.15) is 5.69 Å². The molecule has 1 saturated heterocycles. The van der Waals surface area contributed by atoms with E-state index in [1.54, 1.807) is 11.0 Å². The van der Waals surface area contributed by atoms with Gasteiger partial charge in [-0.05, 0) is 39.0 Å². The van der Waals surface area contributed by atoms with Crippen molar-refractivity contribution in [1.82, 2.24) is 20.1 Å². The highest BCUT2D eigenvalue weighted by atomic mass is 32.1. The molecule has 8 nitrogen and oxygen atoms in total. The van der Waals surface area contributed by atoms with Crippen LogP contribution in [0.4, 0.5) is 5.69 Å². The number of amides is 2. The lowest BCUT2D eigenvalue weighted by Crippen LogP contribution is -2.36. The third kappa shape index (κ3) is 4.62. The van der Waals surface area contributed by atoms with Crippen LogP contribution in [0, 0.1) is 26.7 Å². The summed E-state index contributed by atoms with van der Waals surface area (Å²) in [4.78, 5) is 44.2. The number of anilines is 1. The summed E-state index contributed by atoms with van der Waals surface area (Å²) in [6, 6.07) is 10.9. The molecule has 2 aromatic heterocycles. The molecule has 0 spiro atoms. The van der Waals surface area contributed by atoms with Crippen molar-refractivity contribution in [2.45, 2.75) is 33.7 Å². The first-order valence-electron chi connectivity index (χ1n) is 10.5. The topological polar surface area (TPSA) is 97.2 Å². The van der Waals surface area contributed by atoms with Crippen molar-refractivity contribution in [3.05, 3.63) is 63.0 Å². The van der Waals surface area contributed by atoms with Crippen LogP contribution in [-0.2, 0) is 16.1 Å². The van der Waals surface area contributed by atoms with Crippen LogP contribution >= 0.6 is 11.3 Å². The van der Waals surface area contributed by atoms with Gasteiger partial charge in [0, 0.05) is 31.3 Å². The Balaban J connectivity index is 1.36. The molecule has 0 saturated carbocycles. The Hall–Kier alpha value is -3.33. The molecule has 0 radical (unpaired) electrons. The maximum absolute atomic E-state index is 12.6. The molecule has 1 unspecified atom stereocenters. The van der Waals surface area contributed by atoms with Gasteiger partial charge in [0.25, 0.3) is 5.56 Å². The van der Waals surface area contributed by atoms with Crippen LogP contribution in [0.3, 0.4) is 0 Å². The first-order valence-corrected chi connectivity index (χ1v) is 11.3. The monoisotopic (exact) mass is 451 g/mol. The summed E-state index contributed by atoms with van der Waals surface area (Å²) < 4.78 is 1.35. The summed E-state index contributed by atoms with van der Waals surface area (Å²) in [5.74, 6) is -0.663. The second kappa shape index (κ2) is 9.04. The number of benzene rings is 1. The van der Waals surface area contributed by atoms with Crippen molar-refractivity contribution < 1.29 is 9.59 Å². The molecular weight excluding hydrogens is 426 g/mol. The third-order valence-corrected chi connectivity index (χ3v) is 6.56. The number of aromatic nitrogens is 3. The molecule has 4 rings (SSSR count). The van der Waals surface area contributed by atoms with Crippen LogP contribution in [0.15, 0.2) is 41.2 Å². The average Bonchev–Trinajstić information content (AvgIpc) is 3.31. The highest BCUT2D eigenvalue weighted by molar-refractivity contribution is 7.15. The first-order chi connectivity index (χ1) is 15.3. The molecule has 2 amide bonds. The molecular formula is C23H25N5O3S. The molecule has 1 aliphatic rings. The van der Waals surface area contributed by atoms with E-state index in [1.807, 2.05) is 45.0 Å². The maximum atomic E-state index is 12.6. The predicted octanol–water partition coefficient (Wildman–Crippen LogP) is 2.46. The van der Waals surface area contributed by atoms with E-state index in [-0.39, 0.29) is 36.9 Å². The minimum absolute atomic E-state index is 0.0604. The van der Waals surface area contributed by atoms with Crippen LogP contribution < -0.4 is 15.8 Å². The SMILES string of the molecule is Cc1ccc(N2CC(C(=O)NCCn3nc(-c4sc(C)nc4C)ccc3=O)CC2=O)cc1. The lowest BCUT2D eigenvalue weighted by molar-refractivity contribution is -0.126. The quantitative estimate of drug-likeness (QED) is 0.621. The molecule has 3 aromatic rings. The molecule has 1 atom stereocenters. The van der Waals surface area contributed by atoms with E-state index in [2.05, 4.69) is 15.4 Å². The fourth-order valence-electron chi connectivity index (χ4n) is 3.79. The van der Waals surface area contributed by atoms with E-state index < -0.39 is 5.92 Å². The number of hydrogen-bond donors (Lipinski definition) is 1. The zero-order valence-corrected chi connectivity index (χ0v) is 19.1. The molecule has 0 aliphatic carbocycles. The second-order valence-electron chi connectivity index (χ2n) is 7.96. The fraction of sp³-hybridized carbons (Fsp3) is 0.348. The van der Waals surface area contributed by atoms with Crippen molar-refractivity contribution in [2.75, 3.05) is 18.0 Å². The van der Waals surface area contributed by atoms with Crippen LogP contribution in [-0.4, -0.2) is 39.7 Å². The minimum atomic E-state index is -0.414. The van der Waals surface area contributed by atoms with Gasteiger partial charge in [-0.1, -0.05) is 17.7 Å². The second-order valence-corrected chi connectivity index (χ2v) is 9.16. The Kier molecular flexibility index (Phi) is 6.18. The Bertz CT molecular complexity index is 1220. The van der Waals surface area contributed by atoms with Crippen LogP contribution in [0.1, 0.15) is 22.7 Å². The van der Waals surface area contributed by atoms with Crippen molar-refractivity contribution in [2.24, 2.45) is 5.92 Å². The molecule has 1 N–H and O–H groups in total. The number of hydrogen-bond acceptors (Lipinski definition) is 6. The zero-order chi connectivity index (χ0) is 22.8. The summed E-state index contributed by atoms with van der Waals surface area (Å²) in [7, 11) is 0. The van der Waals surface area contributed by atoms with Gasteiger partial charge in [-0.15, -0.1) is 11.3 Å². The Morgan fingerprint density at radius 2 is 1.88 bits per heavy atom. The standard InChI is InChI=1S/C23H25N5O3S/c1-14-4-6-18(7-5-14)27-13-17(12-21(27)30)23(31)24-10-11-28-20(29)9-8-19(26-28)22-15(2)25-16(3)32-22/h4-9,17H,10-13H2,1-3H3,(H,24,31). The van der Waals surface area contributed by atoms with Gasteiger partial charge in [0.2, 0.25) is 11.8 Å². The lowest BCUT2D eigenvalue weighted by Gasteiger charge is -2.17. The summed E-state index contributed by atoms with van der Waals surface area (Å²) in [5, 5.41) is 8.23. The number of carbonyl (C=O) groups excluding carboxylic acids is 2. The highest BCUT2D eigenvalue weighted by Crippen LogP contribution is 2.27. The molecule has 0 bridgehead atoms. The smallest absolute Gasteiger partial charge is 0.266 e. The Labute approximate surface area is 189 Å². The normalized spacial score (nSPS) is 15.9. The minimum Gasteiger partial charge on any atom is -0.354 e. The summed E-state index contributed by atoms with van der Waals surface area (Å²) in [6.45, 7) is 6.69. The number of aryl methyl sites for hydroxylation is 3. The van der Waals surface area contributed by atoms with Crippen molar-refractivity contribution >= 4 is 28.8 Å². The van der Waals surface area contributed by atoms with E-state index in [0.717, 1.165) is 26.8 Å². The largest absolute Gasteiger partial charge is 0.354 e. The number of nitrogens with one attached hydrogen (secondary N) is 1. The third-order valence-electron chi connectivity index (χ3n) is 5.47. The van der Waals surface area contributed by atoms with Crippen molar-refractivity contribution in [3.63, 3.8) is 0 Å². The van der Waals surface area contributed by atoms with Crippen LogP contribution in [0.25, 0.3) is 10.6 Å². The van der Waals surface area contributed by atoms with E-state index in [1.165, 1.54) is 22.1 Å². The number of nitrogens with zero attached hydrogens (tertiary/aromatic N) is 4. The Morgan fingerprint density at radius 1 is 1.12 bits per heavy atom. The van der Waals surface area contributed by atoms with Gasteiger partial charge in [-0.2, -0.15) is 5.10 Å². The molecule has 1 fully saturated rings. The molecule has 1 aliphatic heterocycles. The molecule has 166 valence electrons. The molecule has 32 heavy (non-hydrogen) atoms. The van der Waals surface area contributed by atoms with E-state index in [9.17, 15) is 14.4 Å². The summed E-state index contributed by atoms with van der Waals surface area (Å²) in [5.41, 5.74) is 3.25. The van der Waals surface area contributed by atoms with Gasteiger partial charge in [0.05, 0.1) is 28.0 Å².